The van der Waals surface area contributed by atoms with Crippen LogP contribution in [0.25, 0.3) is 0 Å². The Morgan fingerprint density at radius 3 is 2.29 bits per heavy atom. The number of fused-ring (bicyclic) bond motifs is 2. The van der Waals surface area contributed by atoms with Gasteiger partial charge in [-0.3, -0.25) is 4.90 Å². The highest BCUT2D eigenvalue weighted by Gasteiger charge is 2.41. The fraction of sp³-hybridized carbons (Fsp3) is 0.600. The summed E-state index contributed by atoms with van der Waals surface area (Å²) >= 11 is 0. The zero-order valence-corrected chi connectivity index (χ0v) is 10.5. The Labute approximate surface area is 104 Å². The van der Waals surface area contributed by atoms with Crippen molar-refractivity contribution in [3.8, 4) is 0 Å². The van der Waals surface area contributed by atoms with Gasteiger partial charge in [0, 0.05) is 24.2 Å². The standard InChI is InChI=1S/C15H22N2/c1-11(12-5-3-2-4-6-12)17-14-7-8-15(17)10-13(16)9-14/h2-6,11,13-15H,7-10,16H2,1H3. The fourth-order valence-electron chi connectivity index (χ4n) is 3.79. The molecule has 2 bridgehead atoms. The third kappa shape index (κ3) is 2.00. The molecule has 17 heavy (non-hydrogen) atoms. The van der Waals surface area contributed by atoms with E-state index in [4.69, 9.17) is 5.73 Å². The van der Waals surface area contributed by atoms with Gasteiger partial charge < -0.3 is 5.73 Å². The van der Waals surface area contributed by atoms with E-state index >= 15 is 0 Å². The minimum Gasteiger partial charge on any atom is -0.328 e. The number of piperidine rings is 1. The Morgan fingerprint density at radius 2 is 1.71 bits per heavy atom. The van der Waals surface area contributed by atoms with Crippen LogP contribution in [0, 0.1) is 0 Å². The highest BCUT2D eigenvalue weighted by Crippen LogP contribution is 2.40. The largest absolute Gasteiger partial charge is 0.328 e. The molecule has 2 heteroatoms. The molecule has 0 spiro atoms. The Kier molecular flexibility index (Phi) is 2.93. The van der Waals surface area contributed by atoms with Crippen LogP contribution in [0.1, 0.15) is 44.2 Å². The minimum absolute atomic E-state index is 0.437. The molecule has 0 radical (unpaired) electrons. The predicted molar refractivity (Wildman–Crippen MR) is 70.7 cm³/mol. The Hall–Kier alpha value is -0.860. The van der Waals surface area contributed by atoms with Crippen molar-refractivity contribution in [1.29, 1.82) is 0 Å². The van der Waals surface area contributed by atoms with Crippen LogP contribution in [0.4, 0.5) is 0 Å². The Balaban J connectivity index is 1.81. The summed E-state index contributed by atoms with van der Waals surface area (Å²) in [6.45, 7) is 2.34. The quantitative estimate of drug-likeness (QED) is 0.846. The zero-order chi connectivity index (χ0) is 11.8. The number of rotatable bonds is 2. The molecule has 1 aromatic carbocycles. The Bertz CT molecular complexity index is 362. The average molecular weight is 230 g/mol. The third-order valence-electron chi connectivity index (χ3n) is 4.56. The van der Waals surface area contributed by atoms with E-state index in [0.717, 1.165) is 12.1 Å². The average Bonchev–Trinajstić information content (AvgIpc) is 2.62. The van der Waals surface area contributed by atoms with E-state index < -0.39 is 0 Å². The molecule has 3 atom stereocenters. The summed E-state index contributed by atoms with van der Waals surface area (Å²) in [4.78, 5) is 2.72. The molecule has 92 valence electrons. The van der Waals surface area contributed by atoms with Crippen LogP contribution in [0.5, 0.6) is 0 Å². The molecule has 0 amide bonds. The SMILES string of the molecule is CC(c1ccccc1)N1C2CCC1CC(N)C2. The maximum atomic E-state index is 6.13. The van der Waals surface area contributed by atoms with E-state index in [1.165, 1.54) is 31.2 Å². The second kappa shape index (κ2) is 4.43. The molecule has 2 heterocycles. The molecule has 2 aliphatic rings. The van der Waals surface area contributed by atoms with Crippen LogP contribution >= 0.6 is 0 Å². The van der Waals surface area contributed by atoms with Gasteiger partial charge in [-0.2, -0.15) is 0 Å². The predicted octanol–water partition coefficient (Wildman–Crippen LogP) is 2.70. The molecule has 2 saturated heterocycles. The first-order valence-electron chi connectivity index (χ1n) is 6.83. The lowest BCUT2D eigenvalue weighted by Crippen LogP contribution is -2.48. The second-order valence-electron chi connectivity index (χ2n) is 5.65. The maximum absolute atomic E-state index is 6.13. The van der Waals surface area contributed by atoms with Crippen molar-refractivity contribution in [2.45, 2.75) is 56.8 Å². The molecular weight excluding hydrogens is 208 g/mol. The minimum atomic E-state index is 0.437. The zero-order valence-electron chi connectivity index (χ0n) is 10.5. The van der Waals surface area contributed by atoms with Gasteiger partial charge in [-0.15, -0.1) is 0 Å². The molecule has 2 N–H and O–H groups in total. The van der Waals surface area contributed by atoms with Crippen molar-refractivity contribution in [3.05, 3.63) is 35.9 Å². The van der Waals surface area contributed by atoms with E-state index in [9.17, 15) is 0 Å². The van der Waals surface area contributed by atoms with Crippen molar-refractivity contribution >= 4 is 0 Å². The summed E-state index contributed by atoms with van der Waals surface area (Å²) in [6, 6.07) is 13.3. The first-order valence-corrected chi connectivity index (χ1v) is 6.83. The van der Waals surface area contributed by atoms with E-state index in [0.29, 0.717) is 12.1 Å². The van der Waals surface area contributed by atoms with Gasteiger partial charge in [-0.05, 0) is 38.2 Å². The number of nitrogens with two attached hydrogens (primary N) is 1. The number of hydrogen-bond acceptors (Lipinski definition) is 2. The number of benzene rings is 1. The number of hydrogen-bond donors (Lipinski definition) is 1. The van der Waals surface area contributed by atoms with Crippen molar-refractivity contribution in [1.82, 2.24) is 4.90 Å². The van der Waals surface area contributed by atoms with Gasteiger partial charge in [0.15, 0.2) is 0 Å². The summed E-state index contributed by atoms with van der Waals surface area (Å²) in [6.07, 6.45) is 5.06. The van der Waals surface area contributed by atoms with Crippen LogP contribution in [-0.4, -0.2) is 23.0 Å². The lowest BCUT2D eigenvalue weighted by molar-refractivity contribution is 0.0854. The summed E-state index contributed by atoms with van der Waals surface area (Å²) in [5.74, 6) is 0. The van der Waals surface area contributed by atoms with Gasteiger partial charge in [0.1, 0.15) is 0 Å². The molecule has 0 aliphatic carbocycles. The summed E-state index contributed by atoms with van der Waals surface area (Å²) in [5, 5.41) is 0. The van der Waals surface area contributed by atoms with Crippen LogP contribution < -0.4 is 5.73 Å². The van der Waals surface area contributed by atoms with Gasteiger partial charge >= 0.3 is 0 Å². The topological polar surface area (TPSA) is 29.3 Å². The van der Waals surface area contributed by atoms with E-state index in [2.05, 4.69) is 42.2 Å². The first-order chi connectivity index (χ1) is 8.25. The lowest BCUT2D eigenvalue weighted by atomic mass is 9.94. The summed E-state index contributed by atoms with van der Waals surface area (Å²) in [7, 11) is 0. The van der Waals surface area contributed by atoms with E-state index in [-0.39, 0.29) is 0 Å². The molecule has 3 unspecified atom stereocenters. The Morgan fingerprint density at radius 1 is 1.12 bits per heavy atom. The van der Waals surface area contributed by atoms with Crippen LogP contribution in [-0.2, 0) is 0 Å². The first kappa shape index (κ1) is 11.2. The van der Waals surface area contributed by atoms with Crippen LogP contribution in [0.2, 0.25) is 0 Å². The highest BCUT2D eigenvalue weighted by molar-refractivity contribution is 5.19. The molecule has 2 aliphatic heterocycles. The summed E-state index contributed by atoms with van der Waals surface area (Å²) in [5.41, 5.74) is 7.57. The monoisotopic (exact) mass is 230 g/mol. The molecular formula is C15H22N2. The van der Waals surface area contributed by atoms with Crippen molar-refractivity contribution in [2.24, 2.45) is 5.73 Å². The van der Waals surface area contributed by atoms with Gasteiger partial charge in [0.05, 0.1) is 0 Å². The van der Waals surface area contributed by atoms with Crippen molar-refractivity contribution in [2.75, 3.05) is 0 Å². The molecule has 2 fully saturated rings. The van der Waals surface area contributed by atoms with Crippen molar-refractivity contribution in [3.63, 3.8) is 0 Å². The molecule has 0 aromatic heterocycles. The second-order valence-corrected chi connectivity index (χ2v) is 5.65. The van der Waals surface area contributed by atoms with E-state index in [1.54, 1.807) is 0 Å². The lowest BCUT2D eigenvalue weighted by Gasteiger charge is -2.41. The van der Waals surface area contributed by atoms with Crippen LogP contribution in [0.15, 0.2) is 30.3 Å². The molecule has 1 aromatic rings. The van der Waals surface area contributed by atoms with Gasteiger partial charge in [0.25, 0.3) is 0 Å². The smallest absolute Gasteiger partial charge is 0.0325 e. The normalized spacial score (nSPS) is 34.8. The third-order valence-corrected chi connectivity index (χ3v) is 4.56. The van der Waals surface area contributed by atoms with E-state index in [1.807, 2.05) is 0 Å². The van der Waals surface area contributed by atoms with Gasteiger partial charge in [0.2, 0.25) is 0 Å². The van der Waals surface area contributed by atoms with Crippen molar-refractivity contribution < 1.29 is 0 Å². The highest BCUT2D eigenvalue weighted by atomic mass is 15.2. The summed E-state index contributed by atoms with van der Waals surface area (Å²) < 4.78 is 0. The maximum Gasteiger partial charge on any atom is 0.0325 e. The fourth-order valence-corrected chi connectivity index (χ4v) is 3.79. The number of nitrogens with zero attached hydrogens (tertiary/aromatic N) is 1. The van der Waals surface area contributed by atoms with Gasteiger partial charge in [-0.25, -0.2) is 0 Å². The molecule has 0 saturated carbocycles. The molecule has 2 nitrogen and oxygen atoms in total. The van der Waals surface area contributed by atoms with Crippen LogP contribution in [0.3, 0.4) is 0 Å². The molecule has 3 rings (SSSR count). The van der Waals surface area contributed by atoms with Gasteiger partial charge in [-0.1, -0.05) is 30.3 Å².